The van der Waals surface area contributed by atoms with Gasteiger partial charge in [0.2, 0.25) is 5.95 Å². The Morgan fingerprint density at radius 3 is 2.12 bits per heavy atom. The molecule has 5 nitrogen and oxygen atoms in total. The van der Waals surface area contributed by atoms with E-state index < -0.39 is 12.2 Å². The smallest absolute Gasteiger partial charge is 0.315 e. The molecule has 2 aromatic rings. The normalized spacial score (nSPS) is 10.1. The van der Waals surface area contributed by atoms with Gasteiger partial charge in [-0.25, -0.2) is 0 Å². The van der Waals surface area contributed by atoms with Gasteiger partial charge >= 0.3 is 12.2 Å². The highest BCUT2D eigenvalue weighted by Crippen LogP contribution is 2.17. The summed E-state index contributed by atoms with van der Waals surface area (Å²) in [4.78, 5) is 9.39. The lowest BCUT2D eigenvalue weighted by molar-refractivity contribution is 0.415. The molecule has 1 aromatic heterocycles. The van der Waals surface area contributed by atoms with E-state index in [-0.39, 0.29) is 5.95 Å². The van der Waals surface area contributed by atoms with E-state index in [1.165, 1.54) is 0 Å². The zero-order valence-electron chi connectivity index (χ0n) is 8.82. The molecule has 0 fully saturated rings. The van der Waals surface area contributed by atoms with Crippen molar-refractivity contribution >= 4 is 11.6 Å². The first-order valence-electron chi connectivity index (χ1n) is 4.65. The first kappa shape index (κ1) is 11.2. The predicted octanol–water partition coefficient (Wildman–Crippen LogP) is 1.90. The fraction of sp³-hybridized carbons (Fsp3) is 0.100. The average molecular weight is 238 g/mol. The van der Waals surface area contributed by atoms with Gasteiger partial charge in [0.1, 0.15) is 5.75 Å². The van der Waals surface area contributed by atoms with Gasteiger partial charge in [-0.3, -0.25) is 0 Å². The fourth-order valence-electron chi connectivity index (χ4n) is 1.19. The first-order valence-corrected chi connectivity index (χ1v) is 4.65. The summed E-state index contributed by atoms with van der Waals surface area (Å²) in [6.07, 6.45) is -2.35. The number of halogens is 2. The molecule has 0 atom stereocenters. The zero-order chi connectivity index (χ0) is 12.3. The van der Waals surface area contributed by atoms with E-state index in [1.54, 1.807) is 31.4 Å². The second-order valence-corrected chi connectivity index (χ2v) is 3.05. The third-order valence-corrected chi connectivity index (χ3v) is 1.93. The zero-order valence-corrected chi connectivity index (χ0v) is 8.82. The molecule has 0 amide bonds. The highest BCUT2D eigenvalue weighted by Gasteiger charge is 2.05. The minimum Gasteiger partial charge on any atom is -0.497 e. The maximum absolute atomic E-state index is 12.7. The Morgan fingerprint density at radius 1 is 1.00 bits per heavy atom. The van der Waals surface area contributed by atoms with Crippen LogP contribution in [0.3, 0.4) is 0 Å². The third kappa shape index (κ3) is 2.83. The largest absolute Gasteiger partial charge is 0.497 e. The highest BCUT2D eigenvalue weighted by molar-refractivity contribution is 5.54. The number of hydrogen-bond acceptors (Lipinski definition) is 5. The van der Waals surface area contributed by atoms with Crippen molar-refractivity contribution in [3.8, 4) is 5.75 Å². The van der Waals surface area contributed by atoms with Crippen molar-refractivity contribution in [2.24, 2.45) is 0 Å². The molecule has 0 aliphatic heterocycles. The first-order chi connectivity index (χ1) is 8.17. The van der Waals surface area contributed by atoms with Crippen molar-refractivity contribution in [1.82, 2.24) is 15.0 Å². The molecule has 88 valence electrons. The third-order valence-electron chi connectivity index (χ3n) is 1.93. The van der Waals surface area contributed by atoms with Gasteiger partial charge in [-0.1, -0.05) is 0 Å². The number of aromatic nitrogens is 3. The van der Waals surface area contributed by atoms with Crippen molar-refractivity contribution < 1.29 is 13.5 Å². The number of nitrogens with one attached hydrogen (secondary N) is 1. The Bertz CT molecular complexity index is 498. The maximum atomic E-state index is 12.7. The topological polar surface area (TPSA) is 59.9 Å². The summed E-state index contributed by atoms with van der Waals surface area (Å²) >= 11 is 0. The molecule has 2 rings (SSSR count). The van der Waals surface area contributed by atoms with Crippen LogP contribution in [0.4, 0.5) is 20.4 Å². The molecule has 0 saturated carbocycles. The van der Waals surface area contributed by atoms with Gasteiger partial charge in [-0.05, 0) is 24.3 Å². The lowest BCUT2D eigenvalue weighted by Gasteiger charge is -2.05. The molecule has 17 heavy (non-hydrogen) atoms. The summed E-state index contributed by atoms with van der Waals surface area (Å²) in [6.45, 7) is 0. The molecule has 1 heterocycles. The number of benzene rings is 1. The fourth-order valence-corrected chi connectivity index (χ4v) is 1.19. The van der Waals surface area contributed by atoms with E-state index in [2.05, 4.69) is 20.3 Å². The van der Waals surface area contributed by atoms with Crippen LogP contribution in [-0.2, 0) is 0 Å². The SMILES string of the molecule is COc1ccc(Nc2nc(F)nc(F)n2)cc1. The van der Waals surface area contributed by atoms with Crippen LogP contribution in [0.1, 0.15) is 0 Å². The number of rotatable bonds is 3. The second kappa shape index (κ2) is 4.69. The molecule has 0 bridgehead atoms. The minimum atomic E-state index is -1.17. The number of ether oxygens (including phenoxy) is 1. The van der Waals surface area contributed by atoms with E-state index >= 15 is 0 Å². The summed E-state index contributed by atoms with van der Waals surface area (Å²) in [5.74, 6) is 0.476. The monoisotopic (exact) mass is 238 g/mol. The molecule has 0 aliphatic carbocycles. The molecule has 0 radical (unpaired) electrons. The highest BCUT2D eigenvalue weighted by atomic mass is 19.1. The Balaban J connectivity index is 2.19. The maximum Gasteiger partial charge on any atom is 0.315 e. The summed E-state index contributed by atoms with van der Waals surface area (Å²) in [5, 5.41) is 2.64. The lowest BCUT2D eigenvalue weighted by atomic mass is 10.3. The minimum absolute atomic E-state index is 0.194. The van der Waals surface area contributed by atoms with E-state index in [1.807, 2.05) is 0 Å². The molecule has 0 spiro atoms. The number of nitrogens with zero attached hydrogens (tertiary/aromatic N) is 3. The van der Waals surface area contributed by atoms with Gasteiger partial charge in [-0.2, -0.15) is 23.7 Å². The molecule has 1 aromatic carbocycles. The Kier molecular flexibility index (Phi) is 3.08. The van der Waals surface area contributed by atoms with Gasteiger partial charge in [0.15, 0.2) is 0 Å². The van der Waals surface area contributed by atoms with E-state index in [0.29, 0.717) is 11.4 Å². The molecular weight excluding hydrogens is 230 g/mol. The van der Waals surface area contributed by atoms with E-state index in [4.69, 9.17) is 4.74 Å². The van der Waals surface area contributed by atoms with E-state index in [0.717, 1.165) is 0 Å². The molecule has 1 N–H and O–H groups in total. The Morgan fingerprint density at radius 2 is 1.59 bits per heavy atom. The summed E-state index contributed by atoms with van der Waals surface area (Å²) < 4.78 is 30.3. The van der Waals surface area contributed by atoms with E-state index in [9.17, 15) is 8.78 Å². The van der Waals surface area contributed by atoms with Crippen molar-refractivity contribution in [1.29, 1.82) is 0 Å². The molecule has 0 saturated heterocycles. The van der Waals surface area contributed by atoms with Gasteiger partial charge in [0.25, 0.3) is 0 Å². The summed E-state index contributed by atoms with van der Waals surface area (Å²) in [6, 6.07) is 6.71. The van der Waals surface area contributed by atoms with Crippen LogP contribution in [0.5, 0.6) is 5.75 Å². The predicted molar refractivity (Wildman–Crippen MR) is 56.0 cm³/mol. The van der Waals surface area contributed by atoms with Gasteiger partial charge in [0.05, 0.1) is 7.11 Å². The molecule has 0 unspecified atom stereocenters. The Labute approximate surface area is 95.5 Å². The van der Waals surface area contributed by atoms with Crippen LogP contribution < -0.4 is 10.1 Å². The summed E-state index contributed by atoms with van der Waals surface area (Å²) in [5.41, 5.74) is 0.579. The van der Waals surface area contributed by atoms with Gasteiger partial charge in [0, 0.05) is 5.69 Å². The van der Waals surface area contributed by atoms with Crippen LogP contribution in [0.15, 0.2) is 24.3 Å². The van der Waals surface area contributed by atoms with Crippen LogP contribution in [0.25, 0.3) is 0 Å². The average Bonchev–Trinajstić information content (AvgIpc) is 2.28. The van der Waals surface area contributed by atoms with Crippen molar-refractivity contribution in [2.75, 3.05) is 12.4 Å². The van der Waals surface area contributed by atoms with Crippen molar-refractivity contribution in [3.63, 3.8) is 0 Å². The van der Waals surface area contributed by atoms with Crippen LogP contribution >= 0.6 is 0 Å². The van der Waals surface area contributed by atoms with Crippen LogP contribution in [0, 0.1) is 12.2 Å². The van der Waals surface area contributed by atoms with Crippen molar-refractivity contribution in [2.45, 2.75) is 0 Å². The standard InChI is InChI=1S/C10H8F2N4O/c1-17-7-4-2-6(3-5-7)13-10-15-8(11)14-9(12)16-10/h2-5H,1H3,(H,13,14,15,16). The van der Waals surface area contributed by atoms with Crippen molar-refractivity contribution in [3.05, 3.63) is 36.4 Å². The second-order valence-electron chi connectivity index (χ2n) is 3.05. The summed E-state index contributed by atoms with van der Waals surface area (Å²) in [7, 11) is 1.54. The van der Waals surface area contributed by atoms with Crippen LogP contribution in [-0.4, -0.2) is 22.1 Å². The quantitative estimate of drug-likeness (QED) is 0.884. The van der Waals surface area contributed by atoms with Gasteiger partial charge < -0.3 is 10.1 Å². The number of methoxy groups -OCH3 is 1. The Hall–Kier alpha value is -2.31. The molecule has 7 heteroatoms. The number of anilines is 2. The molecule has 0 aliphatic rings. The van der Waals surface area contributed by atoms with Crippen LogP contribution in [0.2, 0.25) is 0 Å². The lowest BCUT2D eigenvalue weighted by Crippen LogP contribution is -2.04. The van der Waals surface area contributed by atoms with Gasteiger partial charge in [-0.15, -0.1) is 0 Å². The number of hydrogen-bond donors (Lipinski definition) is 1. The molecular formula is C10H8F2N4O.